The Kier molecular flexibility index (Phi) is 3.65. The van der Waals surface area contributed by atoms with E-state index in [1.165, 1.54) is 37.8 Å². The van der Waals surface area contributed by atoms with Gasteiger partial charge in [-0.05, 0) is 42.9 Å². The van der Waals surface area contributed by atoms with Gasteiger partial charge in [0.1, 0.15) is 0 Å². The number of fused-ring (bicyclic) bond motifs is 1. The van der Waals surface area contributed by atoms with E-state index in [-0.39, 0.29) is 0 Å². The van der Waals surface area contributed by atoms with Gasteiger partial charge in [-0.3, -0.25) is 0 Å². The maximum Gasteiger partial charge on any atom is 0.0375 e. The van der Waals surface area contributed by atoms with Crippen molar-refractivity contribution in [2.45, 2.75) is 38.5 Å². The van der Waals surface area contributed by atoms with E-state index in [9.17, 15) is 0 Å². The molecule has 0 fully saturated rings. The van der Waals surface area contributed by atoms with Crippen molar-refractivity contribution in [3.05, 3.63) is 36.2 Å². The largest absolute Gasteiger partial charge is 0.385 e. The summed E-state index contributed by atoms with van der Waals surface area (Å²) in [6, 6.07) is 6.67. The Hall–Kier alpha value is -0.980. The highest BCUT2D eigenvalue weighted by molar-refractivity contribution is 5.56. The van der Waals surface area contributed by atoms with E-state index in [0.717, 1.165) is 13.0 Å². The third kappa shape index (κ3) is 2.53. The topological polar surface area (TPSA) is 12.0 Å². The van der Waals surface area contributed by atoms with Crippen molar-refractivity contribution < 1.29 is 0 Å². The lowest BCUT2D eigenvalue weighted by Gasteiger charge is -2.20. The van der Waals surface area contributed by atoms with Crippen LogP contribution in [0.15, 0.2) is 18.2 Å². The van der Waals surface area contributed by atoms with Gasteiger partial charge in [-0.25, -0.2) is 0 Å². The lowest BCUT2D eigenvalue weighted by Crippen LogP contribution is -2.13. The predicted molar refractivity (Wildman–Crippen MR) is 66.2 cm³/mol. The molecule has 0 saturated heterocycles. The van der Waals surface area contributed by atoms with E-state index in [0.29, 0.717) is 0 Å². The normalized spacial score (nSPS) is 14.5. The van der Waals surface area contributed by atoms with Crippen LogP contribution in [0.4, 0.5) is 5.69 Å². The van der Waals surface area contributed by atoms with Crippen LogP contribution in [0.2, 0.25) is 0 Å². The van der Waals surface area contributed by atoms with E-state index in [1.54, 1.807) is 11.1 Å². The molecule has 15 heavy (non-hydrogen) atoms. The Morgan fingerprint density at radius 2 is 2.20 bits per heavy atom. The number of hydrogen-bond acceptors (Lipinski definition) is 1. The maximum absolute atomic E-state index is 3.89. The number of aryl methyl sites for hydroxylation is 1. The Labute approximate surface area is 92.9 Å². The highest BCUT2D eigenvalue weighted by Gasteiger charge is 2.11. The van der Waals surface area contributed by atoms with Crippen molar-refractivity contribution in [3.63, 3.8) is 0 Å². The van der Waals surface area contributed by atoms with Crippen molar-refractivity contribution in [1.82, 2.24) is 0 Å². The molecule has 1 aliphatic rings. The molecule has 81 valence electrons. The zero-order chi connectivity index (χ0) is 10.5. The van der Waals surface area contributed by atoms with Crippen molar-refractivity contribution in [2.75, 3.05) is 11.9 Å². The smallest absolute Gasteiger partial charge is 0.0375 e. The molecule has 0 spiro atoms. The minimum atomic E-state index is 1.06. The molecule has 0 bridgehead atoms. The quantitative estimate of drug-likeness (QED) is 0.736. The fraction of sp³-hybridized carbons (Fsp3) is 0.500. The third-order valence-corrected chi connectivity index (χ3v) is 3.14. The van der Waals surface area contributed by atoms with Crippen LogP contribution in [0.3, 0.4) is 0 Å². The number of benzene rings is 1. The van der Waals surface area contributed by atoms with Crippen molar-refractivity contribution in [1.29, 1.82) is 0 Å². The lowest BCUT2D eigenvalue weighted by atomic mass is 9.94. The Bertz CT molecular complexity index is 317. The van der Waals surface area contributed by atoms with Gasteiger partial charge in [0, 0.05) is 12.2 Å². The molecule has 0 aromatic heterocycles. The SMILES string of the molecule is [CH2]CCCCc1cccc2c1CCCN2. The minimum Gasteiger partial charge on any atom is -0.385 e. The number of rotatable bonds is 4. The van der Waals surface area contributed by atoms with Gasteiger partial charge in [0.05, 0.1) is 0 Å². The summed E-state index contributed by atoms with van der Waals surface area (Å²) in [6.07, 6.45) is 7.34. The second kappa shape index (κ2) is 5.20. The van der Waals surface area contributed by atoms with Crippen LogP contribution in [-0.2, 0) is 12.8 Å². The van der Waals surface area contributed by atoms with E-state index >= 15 is 0 Å². The highest BCUT2D eigenvalue weighted by Crippen LogP contribution is 2.26. The van der Waals surface area contributed by atoms with Gasteiger partial charge in [-0.2, -0.15) is 0 Å². The molecule has 2 rings (SSSR count). The maximum atomic E-state index is 3.89. The van der Waals surface area contributed by atoms with Crippen LogP contribution in [0.25, 0.3) is 0 Å². The van der Waals surface area contributed by atoms with Gasteiger partial charge in [-0.1, -0.05) is 31.9 Å². The molecule has 0 unspecified atom stereocenters. The Morgan fingerprint density at radius 3 is 3.07 bits per heavy atom. The molecule has 1 radical (unpaired) electrons. The predicted octanol–water partition coefficient (Wildman–Crippen LogP) is 3.59. The molecule has 0 atom stereocenters. The molecule has 1 heterocycles. The van der Waals surface area contributed by atoms with E-state index < -0.39 is 0 Å². The lowest BCUT2D eigenvalue weighted by molar-refractivity contribution is 0.732. The van der Waals surface area contributed by atoms with Crippen molar-refractivity contribution in [2.24, 2.45) is 0 Å². The van der Waals surface area contributed by atoms with E-state index in [2.05, 4.69) is 30.4 Å². The molecule has 0 aliphatic carbocycles. The van der Waals surface area contributed by atoms with Crippen LogP contribution in [0, 0.1) is 6.92 Å². The summed E-state index contributed by atoms with van der Waals surface area (Å²) in [5, 5.41) is 3.48. The van der Waals surface area contributed by atoms with E-state index in [1.807, 2.05) is 0 Å². The Balaban J connectivity index is 2.09. The zero-order valence-electron chi connectivity index (χ0n) is 9.39. The van der Waals surface area contributed by atoms with E-state index in [4.69, 9.17) is 0 Å². The summed E-state index contributed by atoms with van der Waals surface area (Å²) in [7, 11) is 0. The molecule has 1 aromatic rings. The zero-order valence-corrected chi connectivity index (χ0v) is 9.39. The highest BCUT2D eigenvalue weighted by atomic mass is 14.9. The first-order valence-electron chi connectivity index (χ1n) is 6.05. The summed E-state index contributed by atoms with van der Waals surface area (Å²) in [4.78, 5) is 0. The molecule has 1 N–H and O–H groups in total. The monoisotopic (exact) mass is 202 g/mol. The van der Waals surface area contributed by atoms with Crippen LogP contribution >= 0.6 is 0 Å². The summed E-state index contributed by atoms with van der Waals surface area (Å²) in [6.45, 7) is 5.03. The molecule has 1 nitrogen and oxygen atoms in total. The number of hydrogen-bond donors (Lipinski definition) is 1. The first kappa shape index (κ1) is 10.5. The molecular weight excluding hydrogens is 182 g/mol. The molecule has 0 saturated carbocycles. The first-order chi connectivity index (χ1) is 7.42. The summed E-state index contributed by atoms with van der Waals surface area (Å²) in [5.41, 5.74) is 4.48. The van der Waals surface area contributed by atoms with Gasteiger partial charge < -0.3 is 5.32 Å². The fourth-order valence-corrected chi connectivity index (χ4v) is 2.31. The van der Waals surface area contributed by atoms with Gasteiger partial charge in [0.25, 0.3) is 0 Å². The third-order valence-electron chi connectivity index (χ3n) is 3.14. The second-order valence-corrected chi connectivity index (χ2v) is 4.28. The van der Waals surface area contributed by atoms with Crippen molar-refractivity contribution >= 4 is 5.69 Å². The fourth-order valence-electron chi connectivity index (χ4n) is 2.31. The van der Waals surface area contributed by atoms with Gasteiger partial charge in [0.15, 0.2) is 0 Å². The minimum absolute atomic E-state index is 1.06. The number of nitrogens with one attached hydrogen (secondary N) is 1. The van der Waals surface area contributed by atoms with Gasteiger partial charge >= 0.3 is 0 Å². The molecule has 1 heteroatoms. The van der Waals surface area contributed by atoms with Gasteiger partial charge in [0.2, 0.25) is 0 Å². The Morgan fingerprint density at radius 1 is 1.27 bits per heavy atom. The molecule has 0 amide bonds. The summed E-state index contributed by atoms with van der Waals surface area (Å²) < 4.78 is 0. The standard InChI is InChI=1S/C14H20N/c1-2-3-4-7-12-8-5-10-14-13(12)9-6-11-15-14/h5,8,10,15H,1-4,6-7,9,11H2. The molecular formula is C14H20N. The second-order valence-electron chi connectivity index (χ2n) is 4.28. The average Bonchev–Trinajstić information content (AvgIpc) is 2.30. The van der Waals surface area contributed by atoms with Crippen LogP contribution < -0.4 is 5.32 Å². The molecule has 1 aromatic carbocycles. The van der Waals surface area contributed by atoms with Crippen LogP contribution in [-0.4, -0.2) is 6.54 Å². The van der Waals surface area contributed by atoms with Gasteiger partial charge in [-0.15, -0.1) is 0 Å². The van der Waals surface area contributed by atoms with Crippen LogP contribution in [0.5, 0.6) is 0 Å². The number of unbranched alkanes of at least 4 members (excludes halogenated alkanes) is 2. The number of anilines is 1. The molecule has 1 aliphatic heterocycles. The first-order valence-corrected chi connectivity index (χ1v) is 6.05. The van der Waals surface area contributed by atoms with Crippen molar-refractivity contribution in [3.8, 4) is 0 Å². The average molecular weight is 202 g/mol. The van der Waals surface area contributed by atoms with Crippen LogP contribution in [0.1, 0.15) is 36.8 Å². The summed E-state index contributed by atoms with van der Waals surface area (Å²) >= 11 is 0. The summed E-state index contributed by atoms with van der Waals surface area (Å²) in [5.74, 6) is 0.